The van der Waals surface area contributed by atoms with Crippen LogP contribution in [0.2, 0.25) is 0 Å². The number of nitrogens with two attached hydrogens (primary N) is 1. The molecule has 1 saturated heterocycles. The van der Waals surface area contributed by atoms with Gasteiger partial charge < -0.3 is 64.3 Å². The van der Waals surface area contributed by atoms with Gasteiger partial charge in [0.1, 0.15) is 28.4 Å². The Morgan fingerprint density at radius 3 is 1.26 bits per heavy atom. The Morgan fingerprint density at radius 1 is 0.500 bits per heavy atom. The molecule has 1 aromatic carbocycles. The average molecular weight is 1290 g/mol. The highest BCUT2D eigenvalue weighted by Gasteiger charge is 2.33. The maximum atomic E-state index is 14.2. The molecule has 0 radical (unpaired) electrons. The third-order valence-corrected chi connectivity index (χ3v) is 13.9. The van der Waals surface area contributed by atoms with E-state index < -0.39 is 58.4 Å². The number of aryl methyl sites for hydroxylation is 2. The van der Waals surface area contributed by atoms with Crippen LogP contribution in [0.5, 0.6) is 0 Å². The summed E-state index contributed by atoms with van der Waals surface area (Å²) >= 11 is 3.56. The number of benzene rings is 1. The van der Waals surface area contributed by atoms with Crippen molar-refractivity contribution in [1.29, 1.82) is 0 Å². The molecule has 3 amide bonds. The first-order chi connectivity index (χ1) is 40.1. The molecule has 1 unspecified atom stereocenters. The number of carbonyl (C=O) groups excluding carboxylic acids is 7. The number of hydrogen-bond donors (Lipinski definition) is 4. The lowest BCUT2D eigenvalue weighted by Crippen LogP contribution is -2.53. The molecule has 1 heterocycles. The molecule has 1 fully saturated rings. The molecule has 2 rings (SSSR count). The van der Waals surface area contributed by atoms with Crippen LogP contribution in [0.3, 0.4) is 0 Å². The van der Waals surface area contributed by atoms with Crippen molar-refractivity contribution in [3.63, 3.8) is 0 Å². The van der Waals surface area contributed by atoms with Gasteiger partial charge in [0.2, 0.25) is 17.7 Å². The Labute approximate surface area is 521 Å². The third kappa shape index (κ3) is 36.8. The molecule has 5 N–H and O–H groups in total. The first-order valence-electron chi connectivity index (χ1n) is 30.2. The first-order valence-corrected chi connectivity index (χ1v) is 30.9. The van der Waals surface area contributed by atoms with Gasteiger partial charge in [-0.25, -0.2) is 0 Å². The fourth-order valence-electron chi connectivity index (χ4n) is 8.78. The molecule has 2 atom stereocenters. The van der Waals surface area contributed by atoms with Gasteiger partial charge in [0.25, 0.3) is 0 Å². The number of amides is 3. The summed E-state index contributed by atoms with van der Waals surface area (Å²) in [7, 11) is 0. The van der Waals surface area contributed by atoms with Crippen molar-refractivity contribution < 1.29 is 76.2 Å². The first kappa shape index (κ1) is 77.7. The van der Waals surface area contributed by atoms with Crippen molar-refractivity contribution in [3.8, 4) is 0 Å². The van der Waals surface area contributed by atoms with Crippen LogP contribution >= 0.6 is 15.9 Å². The van der Waals surface area contributed by atoms with E-state index in [0.29, 0.717) is 92.1 Å². The maximum absolute atomic E-state index is 14.2. The molecule has 0 aliphatic carbocycles. The molecule has 24 nitrogen and oxygen atoms in total. The van der Waals surface area contributed by atoms with E-state index in [1.807, 2.05) is 67.2 Å². The minimum absolute atomic E-state index is 0.00233. The summed E-state index contributed by atoms with van der Waals surface area (Å²) in [5, 5.41) is 8.56. The Bertz CT molecular complexity index is 2200. The minimum atomic E-state index is -0.864. The van der Waals surface area contributed by atoms with Crippen LogP contribution in [0.15, 0.2) is 10.5 Å². The van der Waals surface area contributed by atoms with E-state index in [9.17, 15) is 33.6 Å². The zero-order valence-corrected chi connectivity index (χ0v) is 56.2. The maximum Gasteiger partial charge on any atom is 0.323 e. The van der Waals surface area contributed by atoms with Gasteiger partial charge >= 0.3 is 23.9 Å². The quantitative estimate of drug-likeness (QED) is 0.0421. The summed E-state index contributed by atoms with van der Waals surface area (Å²) in [5.41, 5.74) is 6.82. The highest BCUT2D eigenvalue weighted by atomic mass is 79.9. The van der Waals surface area contributed by atoms with Gasteiger partial charge in [-0.3, -0.25) is 53.2 Å². The highest BCUT2D eigenvalue weighted by Crippen LogP contribution is 2.31. The molecule has 25 heteroatoms. The fraction of sp³-hybridized carbons (Fsp3) is 0.787. The molecule has 0 spiro atoms. The summed E-state index contributed by atoms with van der Waals surface area (Å²) in [5.74, 6) is -2.58. The molecule has 494 valence electrons. The normalized spacial score (nSPS) is 15.6. The van der Waals surface area contributed by atoms with Crippen molar-refractivity contribution in [2.45, 2.75) is 164 Å². The zero-order valence-electron chi connectivity index (χ0n) is 54.6. The molecule has 0 bridgehead atoms. The molecule has 0 aromatic heterocycles. The number of rotatable bonds is 34. The second-order valence-corrected chi connectivity index (χ2v) is 26.2. The van der Waals surface area contributed by atoms with Crippen LogP contribution in [0.1, 0.15) is 125 Å². The molecule has 86 heavy (non-hydrogen) atoms. The molecule has 1 aliphatic heterocycles. The standard InChI is InChI=1S/C61H107BrN8O16/c1-44-40-45(2)55(46(3)54(44)62)66-50(72)18-16-47(63)56(76)65-21-31-79-33-35-81-37-39-82-38-36-80-34-32-78-30-20-64-49(71)19-17-48(57(77)86-61(13,14)15)70-28-26-68(42-52(74)84-59(7,8)9)24-22-67(41-51(73)83-58(4,5)6)23-25-69(27-29-70)43-53(75)85-60(10,11)12/h40,47-48H,16-39,41-43,63H2,1-15H3,(H,64,71)(H,65,76)(H,66,72)/t47-,48?/m0/s1. The topological polar surface area (TPSA) is 278 Å². The summed E-state index contributed by atoms with van der Waals surface area (Å²) in [6.45, 7) is 33.9. The smallest absolute Gasteiger partial charge is 0.323 e. The fourth-order valence-corrected chi connectivity index (χ4v) is 9.09. The number of ether oxygens (including phenoxy) is 9. The third-order valence-electron chi connectivity index (χ3n) is 12.7. The van der Waals surface area contributed by atoms with E-state index in [2.05, 4.69) is 31.9 Å². The van der Waals surface area contributed by atoms with Crippen molar-refractivity contribution in [2.24, 2.45) is 5.73 Å². The lowest BCUT2D eigenvalue weighted by Gasteiger charge is -2.37. The number of halogens is 1. The van der Waals surface area contributed by atoms with Gasteiger partial charge in [0.05, 0.1) is 91.7 Å². The van der Waals surface area contributed by atoms with Crippen LogP contribution in [-0.2, 0) is 76.2 Å². The molecule has 1 aliphatic rings. The largest absolute Gasteiger partial charge is 0.459 e. The second-order valence-electron chi connectivity index (χ2n) is 25.4. The Kier molecular flexibility index (Phi) is 35.7. The second kappa shape index (κ2) is 39.6. The predicted octanol–water partition coefficient (Wildman–Crippen LogP) is 4.47. The minimum Gasteiger partial charge on any atom is -0.459 e. The van der Waals surface area contributed by atoms with Crippen LogP contribution in [0.25, 0.3) is 0 Å². The van der Waals surface area contributed by atoms with Gasteiger partial charge in [0, 0.05) is 88.4 Å². The lowest BCUT2D eigenvalue weighted by atomic mass is 10.0. The summed E-state index contributed by atoms with van der Waals surface area (Å²) in [6, 6.07) is 0.308. The van der Waals surface area contributed by atoms with Crippen molar-refractivity contribution in [3.05, 3.63) is 27.2 Å². The van der Waals surface area contributed by atoms with Gasteiger partial charge in [0.15, 0.2) is 0 Å². The number of hydrogen-bond acceptors (Lipinski definition) is 21. The van der Waals surface area contributed by atoms with E-state index in [1.165, 1.54) is 0 Å². The van der Waals surface area contributed by atoms with Crippen LogP contribution < -0.4 is 21.7 Å². The molecular formula is C61H107BrN8O16. The molecular weight excluding hydrogens is 1180 g/mol. The van der Waals surface area contributed by atoms with Crippen molar-refractivity contribution in [1.82, 2.24) is 30.2 Å². The van der Waals surface area contributed by atoms with Crippen LogP contribution in [-0.4, -0.2) is 247 Å². The van der Waals surface area contributed by atoms with Crippen LogP contribution in [0, 0.1) is 20.8 Å². The van der Waals surface area contributed by atoms with E-state index in [1.54, 1.807) is 62.3 Å². The number of esters is 4. The zero-order chi connectivity index (χ0) is 64.7. The van der Waals surface area contributed by atoms with Gasteiger partial charge in [-0.1, -0.05) is 22.0 Å². The monoisotopic (exact) mass is 1290 g/mol. The van der Waals surface area contributed by atoms with Crippen molar-refractivity contribution in [2.75, 3.05) is 156 Å². The summed E-state index contributed by atoms with van der Waals surface area (Å²) in [4.78, 5) is 100. The van der Waals surface area contributed by atoms with E-state index in [4.69, 9.17) is 48.4 Å². The van der Waals surface area contributed by atoms with E-state index in [0.717, 1.165) is 26.9 Å². The number of nitrogens with zero attached hydrogens (tertiary/aromatic N) is 4. The summed E-state index contributed by atoms with van der Waals surface area (Å²) in [6.07, 6.45) is 0.435. The van der Waals surface area contributed by atoms with Gasteiger partial charge in [-0.15, -0.1) is 0 Å². The SMILES string of the molecule is Cc1cc(C)c(NC(=O)CC[C@H](N)C(=O)NCCOCCOCCOCCOCCOCCNC(=O)CCC(C(=O)OC(C)(C)C)N2CCN(CC(=O)OC(C)(C)C)CCN(CC(=O)OC(C)(C)C)CCN(CC(=O)OC(C)(C)C)CC2)c(C)c1Br. The average Bonchev–Trinajstić information content (AvgIpc) is 1.93. The van der Waals surface area contributed by atoms with E-state index >= 15 is 0 Å². The Hall–Kier alpha value is -4.41. The Balaban J connectivity index is 1.81. The Morgan fingerprint density at radius 2 is 0.860 bits per heavy atom. The predicted molar refractivity (Wildman–Crippen MR) is 332 cm³/mol. The number of nitrogens with one attached hydrogen (secondary N) is 3. The lowest BCUT2D eigenvalue weighted by molar-refractivity contribution is -0.163. The number of anilines is 1. The molecule has 0 saturated carbocycles. The summed E-state index contributed by atoms with van der Waals surface area (Å²) < 4.78 is 51.9. The number of carbonyl (C=O) groups is 7. The van der Waals surface area contributed by atoms with Crippen molar-refractivity contribution >= 4 is 63.2 Å². The highest BCUT2D eigenvalue weighted by molar-refractivity contribution is 9.10. The van der Waals surface area contributed by atoms with Gasteiger partial charge in [-0.2, -0.15) is 0 Å². The van der Waals surface area contributed by atoms with E-state index in [-0.39, 0.29) is 102 Å². The molecule has 1 aromatic rings. The van der Waals surface area contributed by atoms with Crippen LogP contribution in [0.4, 0.5) is 5.69 Å². The van der Waals surface area contributed by atoms with Gasteiger partial charge in [-0.05, 0) is 133 Å².